The summed E-state index contributed by atoms with van der Waals surface area (Å²) >= 11 is 0. The molecule has 2 rings (SSSR count). The van der Waals surface area contributed by atoms with E-state index in [4.69, 9.17) is 0 Å². The van der Waals surface area contributed by atoms with E-state index in [1.807, 2.05) is 0 Å². The Morgan fingerprint density at radius 1 is 1.73 bits per heavy atom. The monoisotopic (exact) mass is 155 g/mol. The maximum Gasteiger partial charge on any atom is 0.319 e. The van der Waals surface area contributed by atoms with Gasteiger partial charge in [-0.1, -0.05) is 0 Å². The predicted molar refractivity (Wildman–Crippen MR) is 40.1 cm³/mol. The average Bonchev–Trinajstić information content (AvgIpc) is 2.70. The first kappa shape index (κ1) is 7.10. The lowest BCUT2D eigenvalue weighted by atomic mass is 10.3. The summed E-state index contributed by atoms with van der Waals surface area (Å²) in [5.74, 6) is 0.803. The van der Waals surface area contributed by atoms with E-state index in [1.54, 1.807) is 0 Å². The van der Waals surface area contributed by atoms with Gasteiger partial charge in [-0.15, -0.1) is 0 Å². The molecule has 0 aromatic carbocycles. The molecule has 2 aliphatic rings. The molecule has 1 aliphatic carbocycles. The van der Waals surface area contributed by atoms with Gasteiger partial charge < -0.3 is 4.74 Å². The number of likely N-dealkylation sites (tertiary alicyclic amines) is 1. The van der Waals surface area contributed by atoms with Crippen molar-refractivity contribution in [1.29, 1.82) is 0 Å². The van der Waals surface area contributed by atoms with Crippen molar-refractivity contribution in [2.24, 2.45) is 5.92 Å². The largest absolute Gasteiger partial charge is 0.468 e. The molecule has 0 N–H and O–H groups in total. The van der Waals surface area contributed by atoms with Crippen molar-refractivity contribution in [2.45, 2.75) is 18.9 Å². The van der Waals surface area contributed by atoms with E-state index in [1.165, 1.54) is 20.0 Å². The van der Waals surface area contributed by atoms with Crippen LogP contribution in [0.3, 0.4) is 0 Å². The van der Waals surface area contributed by atoms with Crippen LogP contribution in [0.15, 0.2) is 0 Å². The van der Waals surface area contributed by atoms with Crippen LogP contribution in [0.2, 0.25) is 0 Å². The molecule has 2 unspecified atom stereocenters. The smallest absolute Gasteiger partial charge is 0.319 e. The fourth-order valence-electron chi connectivity index (χ4n) is 1.91. The molecule has 0 aromatic heterocycles. The number of esters is 1. The molecule has 1 aliphatic heterocycles. The number of ether oxygens (including phenoxy) is 1. The minimum Gasteiger partial charge on any atom is -0.468 e. The van der Waals surface area contributed by atoms with Crippen molar-refractivity contribution in [2.75, 3.05) is 20.2 Å². The van der Waals surface area contributed by atoms with Crippen LogP contribution in [0.5, 0.6) is 0 Å². The number of carbonyl (C=O) groups is 1. The highest BCUT2D eigenvalue weighted by Crippen LogP contribution is 2.43. The third-order valence-electron chi connectivity index (χ3n) is 2.70. The summed E-state index contributed by atoms with van der Waals surface area (Å²) < 4.78 is 4.60. The van der Waals surface area contributed by atoms with E-state index >= 15 is 0 Å². The van der Waals surface area contributed by atoms with E-state index in [2.05, 4.69) is 9.64 Å². The van der Waals surface area contributed by atoms with Crippen LogP contribution in [0.25, 0.3) is 0 Å². The number of rotatable bonds is 2. The van der Waals surface area contributed by atoms with Crippen molar-refractivity contribution in [3.8, 4) is 0 Å². The lowest BCUT2D eigenvalue weighted by Crippen LogP contribution is -2.30. The number of hydrogen-bond donors (Lipinski definition) is 0. The summed E-state index contributed by atoms with van der Waals surface area (Å²) in [6, 6.07) is 0.717. The molecule has 11 heavy (non-hydrogen) atoms. The summed E-state index contributed by atoms with van der Waals surface area (Å²) in [6.45, 7) is 1.59. The van der Waals surface area contributed by atoms with Gasteiger partial charge in [-0.25, -0.2) is 0 Å². The second-order valence-corrected chi connectivity index (χ2v) is 3.40. The number of piperidine rings is 1. The highest BCUT2D eigenvalue weighted by molar-refractivity contribution is 5.71. The summed E-state index contributed by atoms with van der Waals surface area (Å²) in [6.07, 6.45) is 2.58. The van der Waals surface area contributed by atoms with Crippen molar-refractivity contribution in [1.82, 2.24) is 4.90 Å². The molecule has 1 saturated carbocycles. The third-order valence-corrected chi connectivity index (χ3v) is 2.70. The lowest BCUT2D eigenvalue weighted by molar-refractivity contribution is -0.141. The van der Waals surface area contributed by atoms with E-state index in [0.717, 1.165) is 12.5 Å². The summed E-state index contributed by atoms with van der Waals surface area (Å²) in [5, 5.41) is 0. The Labute approximate surface area is 66.3 Å². The molecule has 3 nitrogen and oxygen atoms in total. The normalized spacial score (nSPS) is 35.0. The molecular formula is C8H13NO2. The van der Waals surface area contributed by atoms with Crippen LogP contribution in [0.1, 0.15) is 12.8 Å². The van der Waals surface area contributed by atoms with Gasteiger partial charge in [0.05, 0.1) is 13.7 Å². The Hall–Kier alpha value is -0.570. The molecule has 0 amide bonds. The van der Waals surface area contributed by atoms with Gasteiger partial charge in [0, 0.05) is 6.04 Å². The molecule has 0 spiro atoms. The van der Waals surface area contributed by atoms with Gasteiger partial charge in [-0.3, -0.25) is 9.69 Å². The zero-order chi connectivity index (χ0) is 7.84. The maximum atomic E-state index is 10.9. The Morgan fingerprint density at radius 2 is 2.55 bits per heavy atom. The Morgan fingerprint density at radius 3 is 3.00 bits per heavy atom. The van der Waals surface area contributed by atoms with E-state index in [9.17, 15) is 4.79 Å². The second kappa shape index (κ2) is 2.48. The fourth-order valence-corrected chi connectivity index (χ4v) is 1.91. The van der Waals surface area contributed by atoms with Gasteiger partial charge in [0.2, 0.25) is 0 Å². The van der Waals surface area contributed by atoms with Gasteiger partial charge >= 0.3 is 5.97 Å². The number of methoxy groups -OCH3 is 1. The minimum absolute atomic E-state index is 0.0995. The third kappa shape index (κ3) is 1.25. The maximum absolute atomic E-state index is 10.9. The average molecular weight is 155 g/mol. The quantitative estimate of drug-likeness (QED) is 0.535. The Balaban J connectivity index is 1.82. The first-order chi connectivity index (χ1) is 5.31. The van der Waals surface area contributed by atoms with Gasteiger partial charge in [-0.05, 0) is 25.3 Å². The lowest BCUT2D eigenvalue weighted by Gasteiger charge is -2.14. The van der Waals surface area contributed by atoms with Crippen molar-refractivity contribution in [3.63, 3.8) is 0 Å². The molecule has 3 heteroatoms. The number of carbonyl (C=O) groups excluding carboxylic acids is 1. The SMILES string of the molecule is COC(=O)CN1CCC2CC21. The fraction of sp³-hybridized carbons (Fsp3) is 0.875. The van der Waals surface area contributed by atoms with Crippen molar-refractivity contribution < 1.29 is 9.53 Å². The standard InChI is InChI=1S/C8H13NO2/c1-11-8(10)5-9-3-2-6-4-7(6)9/h6-7H,2-5H2,1H3. The first-order valence-electron chi connectivity index (χ1n) is 4.12. The number of fused-ring (bicyclic) bond motifs is 1. The van der Waals surface area contributed by atoms with Gasteiger partial charge in [-0.2, -0.15) is 0 Å². The Bertz CT molecular complexity index is 181. The second-order valence-electron chi connectivity index (χ2n) is 3.40. The zero-order valence-electron chi connectivity index (χ0n) is 6.75. The molecular weight excluding hydrogens is 142 g/mol. The molecule has 0 bridgehead atoms. The molecule has 2 atom stereocenters. The topological polar surface area (TPSA) is 29.5 Å². The van der Waals surface area contributed by atoms with Crippen molar-refractivity contribution >= 4 is 5.97 Å². The van der Waals surface area contributed by atoms with Crippen molar-refractivity contribution in [3.05, 3.63) is 0 Å². The summed E-state index contributed by atoms with van der Waals surface area (Å²) in [5.41, 5.74) is 0. The molecule has 2 fully saturated rings. The van der Waals surface area contributed by atoms with Crippen LogP contribution in [0, 0.1) is 5.92 Å². The van der Waals surface area contributed by atoms with E-state index in [0.29, 0.717) is 12.6 Å². The predicted octanol–water partition coefficient (Wildman–Crippen LogP) is 0.254. The molecule has 0 aromatic rings. The van der Waals surface area contributed by atoms with E-state index in [-0.39, 0.29) is 5.97 Å². The van der Waals surface area contributed by atoms with Crippen LogP contribution in [-0.2, 0) is 9.53 Å². The number of hydrogen-bond acceptors (Lipinski definition) is 3. The molecule has 1 heterocycles. The zero-order valence-corrected chi connectivity index (χ0v) is 6.75. The molecule has 0 radical (unpaired) electrons. The van der Waals surface area contributed by atoms with Crippen LogP contribution < -0.4 is 0 Å². The summed E-state index contributed by atoms with van der Waals surface area (Å²) in [4.78, 5) is 13.1. The Kier molecular flexibility index (Phi) is 1.60. The highest BCUT2D eigenvalue weighted by Gasteiger charge is 2.47. The highest BCUT2D eigenvalue weighted by atomic mass is 16.5. The van der Waals surface area contributed by atoms with Crippen LogP contribution in [-0.4, -0.2) is 37.1 Å². The number of nitrogens with zero attached hydrogens (tertiary/aromatic N) is 1. The van der Waals surface area contributed by atoms with Gasteiger partial charge in [0.1, 0.15) is 0 Å². The van der Waals surface area contributed by atoms with Crippen LogP contribution in [0.4, 0.5) is 0 Å². The minimum atomic E-state index is -0.0995. The molecule has 1 saturated heterocycles. The first-order valence-corrected chi connectivity index (χ1v) is 4.12. The molecule has 62 valence electrons. The van der Waals surface area contributed by atoms with Crippen LogP contribution >= 0.6 is 0 Å². The van der Waals surface area contributed by atoms with Gasteiger partial charge in [0.15, 0.2) is 0 Å². The van der Waals surface area contributed by atoms with E-state index < -0.39 is 0 Å². The van der Waals surface area contributed by atoms with Gasteiger partial charge in [0.25, 0.3) is 0 Å². The summed E-state index contributed by atoms with van der Waals surface area (Å²) in [7, 11) is 1.45.